The van der Waals surface area contributed by atoms with Crippen LogP contribution in [0.4, 0.5) is 4.79 Å². The third-order valence-electron chi connectivity index (χ3n) is 4.94. The highest BCUT2D eigenvalue weighted by atomic mass is 16.3. The summed E-state index contributed by atoms with van der Waals surface area (Å²) in [5, 5.41) is 12.7. The maximum atomic E-state index is 12.5. The summed E-state index contributed by atoms with van der Waals surface area (Å²) >= 11 is 0. The molecule has 4 nitrogen and oxygen atoms in total. The van der Waals surface area contributed by atoms with Crippen LogP contribution in [0.2, 0.25) is 0 Å². The largest absolute Gasteiger partial charge is 0.393 e. The lowest BCUT2D eigenvalue weighted by molar-refractivity contribution is 0.112. The van der Waals surface area contributed by atoms with Crippen molar-refractivity contribution >= 4 is 6.03 Å². The molecule has 1 atom stereocenters. The third kappa shape index (κ3) is 3.22. The Balaban J connectivity index is 1.54. The lowest BCUT2D eigenvalue weighted by Crippen LogP contribution is -2.51. The zero-order valence-corrected chi connectivity index (χ0v) is 11.8. The lowest BCUT2D eigenvalue weighted by Gasteiger charge is -2.33. The van der Waals surface area contributed by atoms with E-state index >= 15 is 0 Å². The molecule has 0 aromatic carbocycles. The van der Waals surface area contributed by atoms with Crippen molar-refractivity contribution in [3.05, 3.63) is 0 Å². The van der Waals surface area contributed by atoms with Crippen molar-refractivity contribution in [2.45, 2.75) is 82.5 Å². The van der Waals surface area contributed by atoms with Crippen LogP contribution in [0.15, 0.2) is 0 Å². The van der Waals surface area contributed by atoms with Crippen LogP contribution in [0.3, 0.4) is 0 Å². The summed E-state index contributed by atoms with van der Waals surface area (Å²) in [5.74, 6) is 0.736. The van der Waals surface area contributed by atoms with Gasteiger partial charge in [-0.2, -0.15) is 0 Å². The molecule has 0 aliphatic heterocycles. The Bertz CT molecular complexity index is 331. The Labute approximate surface area is 115 Å². The fraction of sp³-hybridized carbons (Fsp3) is 0.933. The molecule has 19 heavy (non-hydrogen) atoms. The molecule has 0 radical (unpaired) electrons. The fourth-order valence-corrected chi connectivity index (χ4v) is 3.31. The molecular weight excluding hydrogens is 240 g/mol. The third-order valence-corrected chi connectivity index (χ3v) is 4.94. The van der Waals surface area contributed by atoms with E-state index in [4.69, 9.17) is 0 Å². The first-order valence-corrected chi connectivity index (χ1v) is 7.92. The molecular formula is C15H26N2O2. The van der Waals surface area contributed by atoms with Gasteiger partial charge in [0.1, 0.15) is 0 Å². The predicted molar refractivity (Wildman–Crippen MR) is 73.8 cm³/mol. The van der Waals surface area contributed by atoms with Gasteiger partial charge in [-0.15, -0.1) is 0 Å². The Hall–Kier alpha value is -0.770. The van der Waals surface area contributed by atoms with Crippen LogP contribution in [0, 0.1) is 5.92 Å². The molecule has 3 saturated carbocycles. The highest BCUT2D eigenvalue weighted by Crippen LogP contribution is 2.39. The summed E-state index contributed by atoms with van der Waals surface area (Å²) in [6.45, 7) is 2.21. The minimum atomic E-state index is -0.155. The van der Waals surface area contributed by atoms with Gasteiger partial charge in [0.25, 0.3) is 0 Å². The van der Waals surface area contributed by atoms with Gasteiger partial charge in [0.15, 0.2) is 0 Å². The number of carbonyl (C=O) groups is 1. The van der Waals surface area contributed by atoms with Gasteiger partial charge < -0.3 is 15.3 Å². The molecule has 0 aromatic heterocycles. The number of urea groups is 1. The van der Waals surface area contributed by atoms with Gasteiger partial charge in [0, 0.05) is 18.1 Å². The van der Waals surface area contributed by atoms with Gasteiger partial charge in [-0.05, 0) is 64.2 Å². The van der Waals surface area contributed by atoms with Gasteiger partial charge in [-0.3, -0.25) is 0 Å². The van der Waals surface area contributed by atoms with Gasteiger partial charge >= 0.3 is 6.03 Å². The normalized spacial score (nSPS) is 32.7. The molecule has 3 aliphatic carbocycles. The molecule has 3 fully saturated rings. The van der Waals surface area contributed by atoms with E-state index < -0.39 is 0 Å². The average Bonchev–Trinajstić information content (AvgIpc) is 3.26. The Morgan fingerprint density at radius 1 is 1.11 bits per heavy atom. The predicted octanol–water partition coefficient (Wildman–Crippen LogP) is 2.26. The highest BCUT2D eigenvalue weighted by Gasteiger charge is 2.42. The maximum Gasteiger partial charge on any atom is 0.318 e. The van der Waals surface area contributed by atoms with Crippen molar-refractivity contribution in [3.63, 3.8) is 0 Å². The quantitative estimate of drug-likeness (QED) is 0.820. The minimum absolute atomic E-state index is 0.142. The maximum absolute atomic E-state index is 12.5. The lowest BCUT2D eigenvalue weighted by atomic mass is 9.93. The van der Waals surface area contributed by atoms with E-state index in [-0.39, 0.29) is 18.2 Å². The summed E-state index contributed by atoms with van der Waals surface area (Å²) in [5.41, 5.74) is 0. The summed E-state index contributed by atoms with van der Waals surface area (Å²) in [6, 6.07) is 1.30. The number of nitrogens with zero attached hydrogens (tertiary/aromatic N) is 1. The van der Waals surface area contributed by atoms with Crippen LogP contribution < -0.4 is 5.32 Å². The smallest absolute Gasteiger partial charge is 0.318 e. The molecule has 0 saturated heterocycles. The van der Waals surface area contributed by atoms with Crippen molar-refractivity contribution in [2.24, 2.45) is 5.92 Å². The first kappa shape index (κ1) is 13.2. The monoisotopic (exact) mass is 266 g/mol. The Kier molecular flexibility index (Phi) is 3.70. The molecule has 0 bridgehead atoms. The van der Waals surface area contributed by atoms with Crippen LogP contribution in [0.25, 0.3) is 0 Å². The zero-order valence-electron chi connectivity index (χ0n) is 11.8. The number of aliphatic hydroxyl groups excluding tert-OH is 1. The molecule has 3 aliphatic rings. The van der Waals surface area contributed by atoms with Gasteiger partial charge in [-0.1, -0.05) is 0 Å². The minimum Gasteiger partial charge on any atom is -0.393 e. The Morgan fingerprint density at radius 3 is 2.26 bits per heavy atom. The topological polar surface area (TPSA) is 52.6 Å². The van der Waals surface area contributed by atoms with Crippen LogP contribution >= 0.6 is 0 Å². The second kappa shape index (κ2) is 5.31. The first-order valence-electron chi connectivity index (χ1n) is 7.92. The molecule has 3 rings (SSSR count). The molecule has 108 valence electrons. The van der Waals surface area contributed by atoms with Crippen molar-refractivity contribution in [1.29, 1.82) is 0 Å². The number of nitrogens with one attached hydrogen (secondary N) is 1. The van der Waals surface area contributed by atoms with Crippen molar-refractivity contribution in [3.8, 4) is 0 Å². The molecule has 0 aromatic rings. The van der Waals surface area contributed by atoms with Crippen molar-refractivity contribution < 1.29 is 9.90 Å². The van der Waals surface area contributed by atoms with E-state index in [9.17, 15) is 9.90 Å². The number of rotatable bonds is 4. The van der Waals surface area contributed by atoms with Crippen LogP contribution in [-0.2, 0) is 0 Å². The van der Waals surface area contributed by atoms with E-state index in [2.05, 4.69) is 17.1 Å². The molecule has 1 unspecified atom stereocenters. The fourth-order valence-electron chi connectivity index (χ4n) is 3.31. The first-order chi connectivity index (χ1) is 9.15. The van der Waals surface area contributed by atoms with Gasteiger partial charge in [0.05, 0.1) is 6.10 Å². The highest BCUT2D eigenvalue weighted by molar-refractivity contribution is 5.75. The number of hydrogen-bond donors (Lipinski definition) is 2. The molecule has 4 heteroatoms. The molecule has 0 heterocycles. The SMILES string of the molecule is CC(C1CC1)N(C(=O)NC1CCC(O)CC1)C1CC1. The molecule has 2 N–H and O–H groups in total. The number of amides is 2. The average molecular weight is 266 g/mol. The van der Waals surface area contributed by atoms with Crippen LogP contribution in [-0.4, -0.2) is 40.3 Å². The second-order valence-electron chi connectivity index (χ2n) is 6.67. The van der Waals surface area contributed by atoms with E-state index in [1.807, 2.05) is 0 Å². The van der Waals surface area contributed by atoms with Crippen molar-refractivity contribution in [2.75, 3.05) is 0 Å². The number of hydrogen-bond acceptors (Lipinski definition) is 2. The zero-order chi connectivity index (χ0) is 13.4. The summed E-state index contributed by atoms with van der Waals surface area (Å²) < 4.78 is 0. The summed E-state index contributed by atoms with van der Waals surface area (Å²) in [6.07, 6.45) is 8.26. The molecule has 2 amide bonds. The van der Waals surface area contributed by atoms with E-state index in [0.29, 0.717) is 12.1 Å². The van der Waals surface area contributed by atoms with E-state index in [1.165, 1.54) is 25.7 Å². The van der Waals surface area contributed by atoms with Crippen LogP contribution in [0.1, 0.15) is 58.3 Å². The van der Waals surface area contributed by atoms with E-state index in [0.717, 1.165) is 31.6 Å². The second-order valence-corrected chi connectivity index (χ2v) is 6.67. The molecule has 0 spiro atoms. The van der Waals surface area contributed by atoms with Crippen molar-refractivity contribution in [1.82, 2.24) is 10.2 Å². The van der Waals surface area contributed by atoms with Gasteiger partial charge in [-0.25, -0.2) is 4.79 Å². The van der Waals surface area contributed by atoms with Gasteiger partial charge in [0.2, 0.25) is 0 Å². The van der Waals surface area contributed by atoms with Crippen LogP contribution in [0.5, 0.6) is 0 Å². The van der Waals surface area contributed by atoms with E-state index in [1.54, 1.807) is 0 Å². The number of aliphatic hydroxyl groups is 1. The Morgan fingerprint density at radius 2 is 1.74 bits per heavy atom. The summed E-state index contributed by atoms with van der Waals surface area (Å²) in [4.78, 5) is 14.6. The standard InChI is InChI=1S/C15H26N2O2/c1-10(11-2-3-11)17(13-6-7-13)15(19)16-12-4-8-14(18)9-5-12/h10-14,18H,2-9H2,1H3,(H,16,19). The number of carbonyl (C=O) groups excluding carboxylic acids is 1. The summed E-state index contributed by atoms with van der Waals surface area (Å²) in [7, 11) is 0.